The van der Waals surface area contributed by atoms with Crippen LogP contribution in [0.2, 0.25) is 0 Å². The zero-order valence-corrected chi connectivity index (χ0v) is 31.3. The third-order valence-corrected chi connectivity index (χ3v) is 10.9. The van der Waals surface area contributed by atoms with E-state index in [1.54, 1.807) is 24.3 Å². The standard InChI is InChI=1S/C44H38N6O6/c1-21(2)9-27(19-51)49-41(53)29-15-37-38(16-30(29)42(49)54)46-34-12-24-6-8-26-14-36-35(13-25(26)7-5-23(24)11-33(34)45-37)47-39-17-31-32(18-40(39)48-36)44(56)50(43(31)55)28(20-52)10-22(3)4/h5-8,11-18,21-22,27-28,51-52H,9-10,19-20H2,1-4H3/t27-,28-/m0/s1. The summed E-state index contributed by atoms with van der Waals surface area (Å²) in [6.45, 7) is 7.31. The molecular weight excluding hydrogens is 709 g/mol. The first-order valence-corrected chi connectivity index (χ1v) is 18.8. The zero-order valence-electron chi connectivity index (χ0n) is 31.3. The van der Waals surface area contributed by atoms with Gasteiger partial charge in [0.1, 0.15) is 0 Å². The number of nitrogens with zero attached hydrogens (tertiary/aromatic N) is 6. The minimum absolute atomic E-state index is 0.183. The second kappa shape index (κ2) is 13.2. The molecule has 12 heteroatoms. The monoisotopic (exact) mass is 746 g/mol. The summed E-state index contributed by atoms with van der Waals surface area (Å²) in [5, 5.41) is 24.7. The Labute approximate surface area is 317 Å². The van der Waals surface area contributed by atoms with E-state index in [9.17, 15) is 29.4 Å². The van der Waals surface area contributed by atoms with Crippen molar-refractivity contribution in [3.63, 3.8) is 0 Å². The summed E-state index contributed by atoms with van der Waals surface area (Å²) in [4.78, 5) is 73.2. The number of rotatable bonds is 8. The summed E-state index contributed by atoms with van der Waals surface area (Å²) in [7, 11) is 0. The molecule has 12 nitrogen and oxygen atoms in total. The van der Waals surface area contributed by atoms with E-state index in [4.69, 9.17) is 19.9 Å². The van der Waals surface area contributed by atoms with Crippen molar-refractivity contribution >= 4 is 87.2 Å². The van der Waals surface area contributed by atoms with Crippen molar-refractivity contribution in [1.82, 2.24) is 29.1 Å². The summed E-state index contributed by atoms with van der Waals surface area (Å²) >= 11 is 0. The SMILES string of the molecule is CC(C)C[C@@H](CO)n1c(=O)c2cc3nc4cc5ccc6cc7nc8cc9c(=O)n([C@H](CO)CC(C)C)c(=O)c9cc8nc7cc6ccc5cc4nc3cc2c1=O. The second-order valence-electron chi connectivity index (χ2n) is 15.7. The molecule has 0 aliphatic rings. The van der Waals surface area contributed by atoms with Crippen LogP contribution in [0.3, 0.4) is 0 Å². The number of aliphatic hydroxyl groups is 2. The topological polar surface area (TPSA) is 170 Å². The molecule has 5 aromatic carbocycles. The second-order valence-corrected chi connectivity index (χ2v) is 15.7. The van der Waals surface area contributed by atoms with Gasteiger partial charge in [0, 0.05) is 0 Å². The van der Waals surface area contributed by atoms with Crippen molar-refractivity contribution < 1.29 is 10.2 Å². The van der Waals surface area contributed by atoms with Crippen LogP contribution in [-0.4, -0.2) is 52.5 Å². The van der Waals surface area contributed by atoms with Gasteiger partial charge in [-0.05, 0) is 94.8 Å². The lowest BCUT2D eigenvalue weighted by Gasteiger charge is -2.16. The van der Waals surface area contributed by atoms with Crippen LogP contribution in [-0.2, 0) is 0 Å². The van der Waals surface area contributed by atoms with Gasteiger partial charge < -0.3 is 10.2 Å². The maximum Gasteiger partial charge on any atom is 0.261 e. The third-order valence-electron chi connectivity index (χ3n) is 10.9. The molecule has 4 heterocycles. The van der Waals surface area contributed by atoms with Gasteiger partial charge in [-0.3, -0.25) is 28.3 Å². The highest BCUT2D eigenvalue weighted by Gasteiger charge is 2.24. The van der Waals surface area contributed by atoms with Gasteiger partial charge in [-0.25, -0.2) is 19.9 Å². The van der Waals surface area contributed by atoms with Gasteiger partial charge in [-0.2, -0.15) is 0 Å². The zero-order chi connectivity index (χ0) is 39.2. The van der Waals surface area contributed by atoms with Crippen LogP contribution in [0.15, 0.2) is 92.0 Å². The number of aromatic nitrogens is 6. The predicted octanol–water partition coefficient (Wildman–Crippen LogP) is 6.13. The molecule has 0 bridgehead atoms. The van der Waals surface area contributed by atoms with E-state index in [0.717, 1.165) is 21.5 Å². The van der Waals surface area contributed by atoms with E-state index in [1.165, 1.54) is 9.13 Å². The molecule has 0 amide bonds. The van der Waals surface area contributed by atoms with Crippen molar-refractivity contribution in [1.29, 1.82) is 0 Å². The third kappa shape index (κ3) is 5.67. The average molecular weight is 747 g/mol. The first kappa shape index (κ1) is 35.5. The molecule has 0 saturated heterocycles. The maximum absolute atomic E-state index is 13.4. The molecule has 9 aromatic rings. The number of hydrogen-bond donors (Lipinski definition) is 2. The Morgan fingerprint density at radius 3 is 0.875 bits per heavy atom. The molecule has 4 aromatic heterocycles. The van der Waals surface area contributed by atoms with Gasteiger partial charge in [0.2, 0.25) is 0 Å². The molecule has 0 fully saturated rings. The minimum atomic E-state index is -0.611. The average Bonchev–Trinajstić information content (AvgIpc) is 3.55. The van der Waals surface area contributed by atoms with E-state index in [1.807, 2.05) is 76.2 Å². The fraction of sp³-hybridized carbons (Fsp3) is 0.273. The van der Waals surface area contributed by atoms with Gasteiger partial charge in [0.15, 0.2) is 0 Å². The number of fused-ring (bicyclic) bond motifs is 8. The normalized spacial score (nSPS) is 13.6. The molecule has 56 heavy (non-hydrogen) atoms. The van der Waals surface area contributed by atoms with Crippen molar-refractivity contribution in [2.75, 3.05) is 13.2 Å². The Bertz CT molecular complexity index is 2930. The molecular formula is C44H38N6O6. The van der Waals surface area contributed by atoms with Crippen LogP contribution in [0.5, 0.6) is 0 Å². The van der Waals surface area contributed by atoms with Gasteiger partial charge in [-0.15, -0.1) is 0 Å². The molecule has 280 valence electrons. The Balaban J connectivity index is 1.16. The maximum atomic E-state index is 13.4. The molecule has 9 rings (SSSR count). The van der Waals surface area contributed by atoms with Crippen molar-refractivity contribution in [3.8, 4) is 0 Å². The fourth-order valence-corrected chi connectivity index (χ4v) is 8.23. The Morgan fingerprint density at radius 1 is 0.429 bits per heavy atom. The summed E-state index contributed by atoms with van der Waals surface area (Å²) in [6, 6.07) is 21.0. The molecule has 0 saturated carbocycles. The van der Waals surface area contributed by atoms with Crippen molar-refractivity contribution in [2.45, 2.75) is 52.6 Å². The summed E-state index contributed by atoms with van der Waals surface area (Å²) in [6.07, 6.45) is 0.990. The quantitative estimate of drug-likeness (QED) is 0.172. The van der Waals surface area contributed by atoms with Gasteiger partial charge >= 0.3 is 0 Å². The van der Waals surface area contributed by atoms with E-state index >= 15 is 0 Å². The van der Waals surface area contributed by atoms with E-state index in [0.29, 0.717) is 57.0 Å². The Kier molecular flexibility index (Phi) is 8.36. The first-order valence-electron chi connectivity index (χ1n) is 18.8. The van der Waals surface area contributed by atoms with Gasteiger partial charge in [-0.1, -0.05) is 52.0 Å². The summed E-state index contributed by atoms with van der Waals surface area (Å²) < 4.78 is 2.34. The summed E-state index contributed by atoms with van der Waals surface area (Å²) in [5.41, 5.74) is 2.73. The largest absolute Gasteiger partial charge is 0.394 e. The van der Waals surface area contributed by atoms with Crippen LogP contribution in [0, 0.1) is 11.8 Å². The van der Waals surface area contributed by atoms with Gasteiger partial charge in [0.05, 0.1) is 91.0 Å². The number of hydrogen-bond acceptors (Lipinski definition) is 10. The lowest BCUT2D eigenvalue weighted by molar-refractivity contribution is 0.204. The van der Waals surface area contributed by atoms with Gasteiger partial charge in [0.25, 0.3) is 22.2 Å². The van der Waals surface area contributed by atoms with Crippen LogP contribution in [0.1, 0.15) is 52.6 Å². The van der Waals surface area contributed by atoms with Crippen LogP contribution < -0.4 is 22.2 Å². The first-order chi connectivity index (χ1) is 26.9. The highest BCUT2D eigenvalue weighted by molar-refractivity contribution is 6.04. The van der Waals surface area contributed by atoms with E-state index in [-0.39, 0.29) is 46.6 Å². The summed E-state index contributed by atoms with van der Waals surface area (Å²) in [5.74, 6) is 0.366. The van der Waals surface area contributed by atoms with Crippen molar-refractivity contribution in [2.24, 2.45) is 11.8 Å². The fourth-order valence-electron chi connectivity index (χ4n) is 8.23. The lowest BCUT2D eigenvalue weighted by atomic mass is 10.0. The van der Waals surface area contributed by atoms with Crippen LogP contribution in [0.4, 0.5) is 0 Å². The van der Waals surface area contributed by atoms with E-state index in [2.05, 4.69) is 0 Å². The Hall–Kier alpha value is -6.24. The molecule has 0 radical (unpaired) electrons. The Morgan fingerprint density at radius 2 is 0.661 bits per heavy atom. The highest BCUT2D eigenvalue weighted by Crippen LogP contribution is 2.28. The molecule has 0 aliphatic carbocycles. The smallest absolute Gasteiger partial charge is 0.261 e. The molecule has 0 aliphatic heterocycles. The molecule has 0 spiro atoms. The van der Waals surface area contributed by atoms with Crippen LogP contribution in [0.25, 0.3) is 87.2 Å². The molecule has 2 N–H and O–H groups in total. The minimum Gasteiger partial charge on any atom is -0.394 e. The highest BCUT2D eigenvalue weighted by atomic mass is 16.3. The predicted molar refractivity (Wildman–Crippen MR) is 221 cm³/mol. The lowest BCUT2D eigenvalue weighted by Crippen LogP contribution is -2.32. The number of benzene rings is 4. The van der Waals surface area contributed by atoms with E-state index < -0.39 is 34.3 Å². The van der Waals surface area contributed by atoms with Crippen LogP contribution >= 0.6 is 0 Å². The number of aliphatic hydroxyl groups excluding tert-OH is 2. The molecule has 2 atom stereocenters. The van der Waals surface area contributed by atoms with Crippen molar-refractivity contribution in [3.05, 3.63) is 114 Å². The molecule has 0 unspecified atom stereocenters.